The molecule has 2 aromatic heterocycles. The van der Waals surface area contributed by atoms with E-state index in [-0.39, 0.29) is 11.9 Å². The summed E-state index contributed by atoms with van der Waals surface area (Å²) in [7, 11) is 0. The number of rotatable bonds is 7. The maximum Gasteiger partial charge on any atom is 0.331 e. The average molecular weight is 544 g/mol. The van der Waals surface area contributed by atoms with Crippen LogP contribution in [0.4, 0.5) is 21.9 Å². The first-order valence-corrected chi connectivity index (χ1v) is 13.8. The highest BCUT2D eigenvalue weighted by Crippen LogP contribution is 2.46. The third kappa shape index (κ3) is 4.94. The molecule has 39 heavy (non-hydrogen) atoms. The minimum Gasteiger partial charge on any atom is -0.457 e. The molecule has 2 N–H and O–H groups in total. The Hall–Kier alpha value is -3.99. The Morgan fingerprint density at radius 1 is 1.18 bits per heavy atom. The van der Waals surface area contributed by atoms with Gasteiger partial charge in [0.25, 0.3) is 5.91 Å². The van der Waals surface area contributed by atoms with Crippen molar-refractivity contribution in [3.8, 4) is 11.5 Å². The van der Waals surface area contributed by atoms with Crippen molar-refractivity contribution in [2.24, 2.45) is 0 Å². The number of aryl methyl sites for hydroxylation is 1. The molecule has 3 amide bonds. The lowest BCUT2D eigenvalue weighted by Crippen LogP contribution is -2.46. The van der Waals surface area contributed by atoms with Gasteiger partial charge >= 0.3 is 6.03 Å². The number of morpholine rings is 1. The summed E-state index contributed by atoms with van der Waals surface area (Å²) >= 11 is 1.29. The highest BCUT2D eigenvalue weighted by atomic mass is 32.1. The number of pyridine rings is 1. The van der Waals surface area contributed by atoms with Gasteiger partial charge in [0.2, 0.25) is 0 Å². The highest BCUT2D eigenvalue weighted by molar-refractivity contribution is 7.21. The Balaban J connectivity index is 1.25. The van der Waals surface area contributed by atoms with Crippen LogP contribution in [-0.4, -0.2) is 60.7 Å². The summed E-state index contributed by atoms with van der Waals surface area (Å²) in [5, 5.41) is 6.75. The lowest BCUT2D eigenvalue weighted by Gasteiger charge is -2.33. The largest absolute Gasteiger partial charge is 0.457 e. The number of carbonyl (C=O) groups excluding carboxylic acids is 2. The summed E-state index contributed by atoms with van der Waals surface area (Å²) in [4.78, 5) is 36.3. The topological polar surface area (TPSA) is 96.0 Å². The smallest absolute Gasteiger partial charge is 0.331 e. The first-order chi connectivity index (χ1) is 19.0. The summed E-state index contributed by atoms with van der Waals surface area (Å²) < 4.78 is 11.5. The Labute approximate surface area is 230 Å². The van der Waals surface area contributed by atoms with E-state index in [1.165, 1.54) is 11.3 Å². The molecule has 1 saturated heterocycles. The van der Waals surface area contributed by atoms with Crippen LogP contribution in [0.3, 0.4) is 0 Å². The van der Waals surface area contributed by atoms with E-state index in [1.807, 2.05) is 61.5 Å². The third-order valence-corrected chi connectivity index (χ3v) is 8.13. The first-order valence-electron chi connectivity index (χ1n) is 13.0. The van der Waals surface area contributed by atoms with Gasteiger partial charge in [-0.15, -0.1) is 11.3 Å². The maximum atomic E-state index is 13.5. The molecule has 1 atom stereocenters. The number of ether oxygens (including phenoxy) is 2. The number of amides is 3. The minimum atomic E-state index is -0.329. The zero-order valence-corrected chi connectivity index (χ0v) is 22.6. The minimum absolute atomic E-state index is 0.216. The van der Waals surface area contributed by atoms with Crippen LogP contribution >= 0.6 is 11.3 Å². The molecular formula is C29H29N5O4S. The summed E-state index contributed by atoms with van der Waals surface area (Å²) in [5.74, 6) is 1.21. The lowest BCUT2D eigenvalue weighted by molar-refractivity contribution is 0.000545. The van der Waals surface area contributed by atoms with Crippen LogP contribution in [0, 0.1) is 6.92 Å². The third-order valence-electron chi connectivity index (χ3n) is 7.03. The molecule has 0 saturated carbocycles. The van der Waals surface area contributed by atoms with Gasteiger partial charge in [0.15, 0.2) is 0 Å². The zero-order valence-electron chi connectivity index (χ0n) is 21.8. The monoisotopic (exact) mass is 543 g/mol. The van der Waals surface area contributed by atoms with Crippen molar-refractivity contribution in [3.05, 3.63) is 71.2 Å². The Bertz CT molecular complexity index is 1540. The van der Waals surface area contributed by atoms with Gasteiger partial charge in [0, 0.05) is 31.9 Å². The van der Waals surface area contributed by atoms with E-state index in [4.69, 9.17) is 9.47 Å². The Morgan fingerprint density at radius 3 is 2.82 bits per heavy atom. The van der Waals surface area contributed by atoms with Gasteiger partial charge in [-0.25, -0.2) is 9.78 Å². The van der Waals surface area contributed by atoms with Crippen LogP contribution < -0.4 is 20.3 Å². The molecule has 0 spiro atoms. The number of urea groups is 1. The van der Waals surface area contributed by atoms with Crippen molar-refractivity contribution < 1.29 is 19.1 Å². The lowest BCUT2D eigenvalue weighted by atomic mass is 10.1. The Kier molecular flexibility index (Phi) is 6.90. The molecule has 0 unspecified atom stereocenters. The van der Waals surface area contributed by atoms with E-state index in [1.54, 1.807) is 11.1 Å². The predicted octanol–water partition coefficient (Wildman–Crippen LogP) is 5.53. The number of aromatic nitrogens is 1. The molecule has 2 aliphatic heterocycles. The number of benzene rings is 2. The molecule has 6 rings (SSSR count). The molecular weight excluding hydrogens is 514 g/mol. The fourth-order valence-electron chi connectivity index (χ4n) is 5.04. The molecule has 4 aromatic rings. The molecule has 0 bridgehead atoms. The van der Waals surface area contributed by atoms with Crippen molar-refractivity contribution in [1.82, 2.24) is 15.2 Å². The van der Waals surface area contributed by atoms with Crippen LogP contribution in [0.2, 0.25) is 0 Å². The van der Waals surface area contributed by atoms with Crippen LogP contribution in [0.15, 0.2) is 60.8 Å². The SMILES string of the molecule is Cc1cc(Oc2ccccc2)ccc1N1C(=O)Nc2c(C(=O)NCCN3CCOC[C@H]3C)sc3nccc1c23. The molecule has 2 aliphatic rings. The fourth-order valence-corrected chi connectivity index (χ4v) is 6.07. The van der Waals surface area contributed by atoms with E-state index < -0.39 is 0 Å². The van der Waals surface area contributed by atoms with E-state index in [0.717, 1.165) is 35.5 Å². The van der Waals surface area contributed by atoms with Gasteiger partial charge in [0.05, 0.1) is 35.7 Å². The number of anilines is 3. The zero-order chi connectivity index (χ0) is 26.9. The summed E-state index contributed by atoms with van der Waals surface area (Å²) in [6, 6.07) is 17.0. The highest BCUT2D eigenvalue weighted by Gasteiger charge is 2.33. The molecule has 200 valence electrons. The fraction of sp³-hybridized carbons (Fsp3) is 0.276. The quantitative estimate of drug-likeness (QED) is 0.318. The van der Waals surface area contributed by atoms with Gasteiger partial charge in [-0.05, 0) is 55.8 Å². The van der Waals surface area contributed by atoms with E-state index in [0.29, 0.717) is 52.6 Å². The Morgan fingerprint density at radius 2 is 2.03 bits per heavy atom. The molecule has 10 heteroatoms. The molecule has 1 fully saturated rings. The molecule has 4 heterocycles. The number of para-hydroxylation sites is 1. The summed E-state index contributed by atoms with van der Waals surface area (Å²) in [6.07, 6.45) is 1.67. The average Bonchev–Trinajstić information content (AvgIpc) is 3.31. The van der Waals surface area contributed by atoms with E-state index in [2.05, 4.69) is 27.4 Å². The summed E-state index contributed by atoms with van der Waals surface area (Å²) in [6.45, 7) is 7.57. The number of thiophene rings is 1. The second-order valence-electron chi connectivity index (χ2n) is 9.66. The van der Waals surface area contributed by atoms with Gasteiger partial charge in [-0.2, -0.15) is 0 Å². The normalized spacial score (nSPS) is 17.2. The molecule has 9 nitrogen and oxygen atoms in total. The predicted molar refractivity (Wildman–Crippen MR) is 153 cm³/mol. The van der Waals surface area contributed by atoms with Gasteiger partial charge < -0.3 is 20.1 Å². The van der Waals surface area contributed by atoms with Gasteiger partial charge in [-0.3, -0.25) is 14.6 Å². The van der Waals surface area contributed by atoms with Crippen molar-refractivity contribution in [1.29, 1.82) is 0 Å². The van der Waals surface area contributed by atoms with Crippen LogP contribution in [0.5, 0.6) is 11.5 Å². The summed E-state index contributed by atoms with van der Waals surface area (Å²) in [5.41, 5.74) is 2.80. The molecule has 0 radical (unpaired) electrons. The second kappa shape index (κ2) is 10.6. The van der Waals surface area contributed by atoms with Crippen molar-refractivity contribution >= 4 is 50.6 Å². The molecule has 2 aromatic carbocycles. The number of nitrogens with zero attached hydrogens (tertiary/aromatic N) is 3. The van der Waals surface area contributed by atoms with Crippen LogP contribution in [0.1, 0.15) is 22.2 Å². The van der Waals surface area contributed by atoms with Crippen molar-refractivity contribution in [2.45, 2.75) is 19.9 Å². The number of nitrogens with one attached hydrogen (secondary N) is 2. The maximum absolute atomic E-state index is 13.5. The second-order valence-corrected chi connectivity index (χ2v) is 10.7. The van der Waals surface area contributed by atoms with E-state index >= 15 is 0 Å². The van der Waals surface area contributed by atoms with Crippen LogP contribution in [-0.2, 0) is 4.74 Å². The van der Waals surface area contributed by atoms with E-state index in [9.17, 15) is 9.59 Å². The first kappa shape index (κ1) is 25.3. The van der Waals surface area contributed by atoms with Crippen molar-refractivity contribution in [3.63, 3.8) is 0 Å². The van der Waals surface area contributed by atoms with Gasteiger partial charge in [0.1, 0.15) is 21.2 Å². The van der Waals surface area contributed by atoms with Crippen LogP contribution in [0.25, 0.3) is 10.2 Å². The van der Waals surface area contributed by atoms with Crippen molar-refractivity contribution in [2.75, 3.05) is 43.1 Å². The standard InChI is InChI=1S/C29H29N5O4S/c1-18-16-21(38-20-6-4-3-5-7-20)8-9-22(18)34-23-10-11-31-28-24(23)25(32-29(34)36)26(39-28)27(35)30-12-13-33-14-15-37-17-19(33)2/h3-11,16,19H,12-15,17H2,1-2H3,(H,30,35)(H,32,36)/t19-/m1/s1. The number of hydrogen-bond donors (Lipinski definition) is 2. The number of hydrogen-bond acceptors (Lipinski definition) is 7. The number of carbonyl (C=O) groups is 2. The van der Waals surface area contributed by atoms with Gasteiger partial charge in [-0.1, -0.05) is 18.2 Å². The molecule has 0 aliphatic carbocycles.